The number of Topliss-reactive ketones (excluding diaryl/α,β-unsaturated/α-hetero) is 1. The SMILES string of the molecule is O=C(c1ccc(Cl)cc1)C(NC1CCCCC1)c1ccc(Cl)cc1. The fraction of sp³-hybridized carbons (Fsp3) is 0.350. The number of nitrogens with one attached hydrogen (secondary N) is 1. The third-order valence-electron chi connectivity index (χ3n) is 4.60. The van der Waals surface area contributed by atoms with E-state index in [9.17, 15) is 4.79 Å². The number of carbonyl (C=O) groups is 1. The predicted molar refractivity (Wildman–Crippen MR) is 100.0 cm³/mol. The molecule has 0 heterocycles. The molecule has 0 spiro atoms. The lowest BCUT2D eigenvalue weighted by Crippen LogP contribution is -2.38. The highest BCUT2D eigenvalue weighted by atomic mass is 35.5. The van der Waals surface area contributed by atoms with E-state index in [4.69, 9.17) is 23.2 Å². The van der Waals surface area contributed by atoms with Crippen molar-refractivity contribution in [2.45, 2.75) is 44.2 Å². The van der Waals surface area contributed by atoms with Crippen molar-refractivity contribution in [3.63, 3.8) is 0 Å². The maximum atomic E-state index is 13.1. The molecule has 1 fully saturated rings. The number of halogens is 2. The van der Waals surface area contributed by atoms with E-state index in [0.29, 0.717) is 21.7 Å². The number of ketones is 1. The Bertz CT molecular complexity index is 676. The van der Waals surface area contributed by atoms with Crippen LogP contribution in [0.15, 0.2) is 48.5 Å². The predicted octanol–water partition coefficient (Wildman–Crippen LogP) is 5.84. The van der Waals surface area contributed by atoms with Gasteiger partial charge in [-0.15, -0.1) is 0 Å². The zero-order chi connectivity index (χ0) is 16.9. The number of carbonyl (C=O) groups excluding carboxylic acids is 1. The van der Waals surface area contributed by atoms with Crippen molar-refractivity contribution in [2.75, 3.05) is 0 Å². The van der Waals surface area contributed by atoms with Crippen molar-refractivity contribution < 1.29 is 4.79 Å². The van der Waals surface area contributed by atoms with Crippen molar-refractivity contribution in [1.29, 1.82) is 0 Å². The van der Waals surface area contributed by atoms with Gasteiger partial charge in [-0.3, -0.25) is 4.79 Å². The van der Waals surface area contributed by atoms with Gasteiger partial charge in [0.2, 0.25) is 0 Å². The molecule has 4 heteroatoms. The smallest absolute Gasteiger partial charge is 0.184 e. The van der Waals surface area contributed by atoms with Crippen LogP contribution in [0.2, 0.25) is 10.0 Å². The van der Waals surface area contributed by atoms with Crippen LogP contribution in [0, 0.1) is 0 Å². The Balaban J connectivity index is 1.86. The van der Waals surface area contributed by atoms with Gasteiger partial charge in [-0.05, 0) is 54.8 Å². The molecule has 1 aliphatic carbocycles. The van der Waals surface area contributed by atoms with E-state index >= 15 is 0 Å². The fourth-order valence-corrected chi connectivity index (χ4v) is 3.52. The van der Waals surface area contributed by atoms with Gasteiger partial charge in [0.15, 0.2) is 5.78 Å². The topological polar surface area (TPSA) is 29.1 Å². The molecule has 0 amide bonds. The van der Waals surface area contributed by atoms with Crippen LogP contribution in [0.25, 0.3) is 0 Å². The monoisotopic (exact) mass is 361 g/mol. The maximum Gasteiger partial charge on any atom is 0.184 e. The molecule has 1 aliphatic rings. The molecule has 2 aromatic rings. The van der Waals surface area contributed by atoms with Crippen LogP contribution >= 0.6 is 23.2 Å². The summed E-state index contributed by atoms with van der Waals surface area (Å²) in [7, 11) is 0. The highest BCUT2D eigenvalue weighted by molar-refractivity contribution is 6.31. The molecular formula is C20H21Cl2NO. The second-order valence-corrected chi connectivity index (χ2v) is 7.23. The second-order valence-electron chi connectivity index (χ2n) is 6.36. The van der Waals surface area contributed by atoms with Gasteiger partial charge < -0.3 is 5.32 Å². The lowest BCUT2D eigenvalue weighted by Gasteiger charge is -2.28. The average Bonchev–Trinajstić information content (AvgIpc) is 2.62. The van der Waals surface area contributed by atoms with Crippen LogP contribution in [0.5, 0.6) is 0 Å². The van der Waals surface area contributed by atoms with Crippen LogP contribution in [-0.2, 0) is 0 Å². The zero-order valence-corrected chi connectivity index (χ0v) is 15.0. The first-order valence-electron chi connectivity index (χ1n) is 8.45. The van der Waals surface area contributed by atoms with Crippen LogP contribution < -0.4 is 5.32 Å². The molecule has 0 bridgehead atoms. The summed E-state index contributed by atoms with van der Waals surface area (Å²) >= 11 is 11.9. The fourth-order valence-electron chi connectivity index (χ4n) is 3.26. The summed E-state index contributed by atoms with van der Waals surface area (Å²) in [6.45, 7) is 0. The van der Waals surface area contributed by atoms with Crippen LogP contribution in [0.4, 0.5) is 0 Å². The van der Waals surface area contributed by atoms with Gasteiger partial charge in [0, 0.05) is 21.7 Å². The third kappa shape index (κ3) is 4.38. The quantitative estimate of drug-likeness (QED) is 0.677. The van der Waals surface area contributed by atoms with E-state index in [1.54, 1.807) is 24.3 Å². The van der Waals surface area contributed by atoms with Gasteiger partial charge in [-0.2, -0.15) is 0 Å². The zero-order valence-electron chi connectivity index (χ0n) is 13.5. The van der Waals surface area contributed by atoms with Crippen LogP contribution in [0.3, 0.4) is 0 Å². The van der Waals surface area contributed by atoms with Crippen LogP contribution in [0.1, 0.15) is 54.1 Å². The Morgan fingerprint density at radius 1 is 0.875 bits per heavy atom. The molecule has 126 valence electrons. The Hall–Kier alpha value is -1.35. The summed E-state index contributed by atoms with van der Waals surface area (Å²) in [6.07, 6.45) is 5.98. The van der Waals surface area contributed by atoms with E-state index in [2.05, 4.69) is 5.32 Å². The molecule has 1 saturated carbocycles. The molecule has 24 heavy (non-hydrogen) atoms. The normalized spacial score (nSPS) is 16.8. The van der Waals surface area contributed by atoms with Crippen molar-refractivity contribution in [2.24, 2.45) is 0 Å². The van der Waals surface area contributed by atoms with E-state index in [-0.39, 0.29) is 11.8 Å². The van der Waals surface area contributed by atoms with Crippen LogP contribution in [-0.4, -0.2) is 11.8 Å². The molecule has 0 saturated heterocycles. The number of hydrogen-bond acceptors (Lipinski definition) is 2. The first-order valence-corrected chi connectivity index (χ1v) is 9.20. The van der Waals surface area contributed by atoms with E-state index in [0.717, 1.165) is 18.4 Å². The molecular weight excluding hydrogens is 341 g/mol. The lowest BCUT2D eigenvalue weighted by atomic mass is 9.91. The summed E-state index contributed by atoms with van der Waals surface area (Å²) in [5.41, 5.74) is 1.62. The highest BCUT2D eigenvalue weighted by Gasteiger charge is 2.25. The second kappa shape index (κ2) is 8.15. The maximum absolute atomic E-state index is 13.1. The Morgan fingerprint density at radius 3 is 2.00 bits per heavy atom. The molecule has 1 N–H and O–H groups in total. The number of benzene rings is 2. The van der Waals surface area contributed by atoms with Crippen molar-refractivity contribution in [1.82, 2.24) is 5.32 Å². The van der Waals surface area contributed by atoms with Gasteiger partial charge in [-0.25, -0.2) is 0 Å². The minimum absolute atomic E-state index is 0.0690. The summed E-state index contributed by atoms with van der Waals surface area (Å²) in [4.78, 5) is 13.1. The Labute approximate surface area is 153 Å². The van der Waals surface area contributed by atoms with Gasteiger partial charge >= 0.3 is 0 Å². The van der Waals surface area contributed by atoms with E-state index < -0.39 is 0 Å². The highest BCUT2D eigenvalue weighted by Crippen LogP contribution is 2.26. The molecule has 0 aliphatic heterocycles. The first-order chi connectivity index (χ1) is 11.6. The molecule has 1 unspecified atom stereocenters. The summed E-state index contributed by atoms with van der Waals surface area (Å²) < 4.78 is 0. The summed E-state index contributed by atoms with van der Waals surface area (Å²) in [5.74, 6) is 0.0690. The van der Waals surface area contributed by atoms with Gasteiger partial charge in [0.25, 0.3) is 0 Å². The number of rotatable bonds is 5. The standard InChI is InChI=1S/C20H21Cl2NO/c21-16-10-6-14(7-11-16)19(23-18-4-2-1-3-5-18)20(24)15-8-12-17(22)13-9-15/h6-13,18-19,23H,1-5H2. The van der Waals surface area contributed by atoms with Crippen molar-refractivity contribution in [3.05, 3.63) is 69.7 Å². The van der Waals surface area contributed by atoms with Crippen molar-refractivity contribution >= 4 is 29.0 Å². The largest absolute Gasteiger partial charge is 0.301 e. The molecule has 0 aromatic heterocycles. The average molecular weight is 362 g/mol. The summed E-state index contributed by atoms with van der Waals surface area (Å²) in [5, 5.41) is 4.89. The molecule has 1 atom stereocenters. The Kier molecular flexibility index (Phi) is 5.94. The number of hydrogen-bond donors (Lipinski definition) is 1. The van der Waals surface area contributed by atoms with E-state index in [1.165, 1.54) is 19.3 Å². The van der Waals surface area contributed by atoms with Gasteiger partial charge in [-0.1, -0.05) is 54.6 Å². The van der Waals surface area contributed by atoms with Gasteiger partial charge in [0.05, 0.1) is 6.04 Å². The van der Waals surface area contributed by atoms with E-state index in [1.807, 2.05) is 24.3 Å². The Morgan fingerprint density at radius 2 is 1.42 bits per heavy atom. The molecule has 3 rings (SSSR count). The minimum atomic E-state index is -0.355. The molecule has 2 aromatic carbocycles. The summed E-state index contributed by atoms with van der Waals surface area (Å²) in [6, 6.07) is 14.6. The first kappa shape index (κ1) is 17.5. The molecule has 2 nitrogen and oxygen atoms in total. The van der Waals surface area contributed by atoms with Gasteiger partial charge in [0.1, 0.15) is 0 Å². The lowest BCUT2D eigenvalue weighted by molar-refractivity contribution is 0.0931. The van der Waals surface area contributed by atoms with Crippen molar-refractivity contribution in [3.8, 4) is 0 Å². The third-order valence-corrected chi connectivity index (χ3v) is 5.11. The molecule has 0 radical (unpaired) electrons. The minimum Gasteiger partial charge on any atom is -0.301 e.